The first-order valence-electron chi connectivity index (χ1n) is 5.56. The molecule has 4 nitrogen and oxygen atoms in total. The number of carboxylic acid groups (broad SMARTS) is 1. The number of carbonyl (C=O) groups is 1. The maximum Gasteiger partial charge on any atom is 0.323 e. The van der Waals surface area contributed by atoms with E-state index >= 15 is 0 Å². The van der Waals surface area contributed by atoms with Crippen molar-refractivity contribution in [3.8, 4) is 0 Å². The number of aliphatic carboxylic acids is 1. The van der Waals surface area contributed by atoms with E-state index in [0.29, 0.717) is 6.42 Å². The van der Waals surface area contributed by atoms with Crippen LogP contribution in [0, 0.1) is 0 Å². The van der Waals surface area contributed by atoms with Crippen LogP contribution in [0.5, 0.6) is 0 Å². The van der Waals surface area contributed by atoms with Crippen LogP contribution in [0.2, 0.25) is 0 Å². The second kappa shape index (κ2) is 8.84. The number of hydrogen-bond donors (Lipinski definition) is 2. The second-order valence-corrected chi connectivity index (χ2v) is 5.17. The molecular formula is C11H23NO3S. The molecule has 2 N–H and O–H groups in total. The van der Waals surface area contributed by atoms with Gasteiger partial charge in [-0.15, -0.1) is 0 Å². The number of carboxylic acids is 1. The van der Waals surface area contributed by atoms with E-state index in [4.69, 9.17) is 9.84 Å². The van der Waals surface area contributed by atoms with Gasteiger partial charge in [-0.1, -0.05) is 6.42 Å². The smallest absolute Gasteiger partial charge is 0.323 e. The number of likely N-dealkylation sites (N-methyl/N-ethyl adjacent to an activating group) is 1. The number of hydrogen-bond acceptors (Lipinski definition) is 4. The Morgan fingerprint density at radius 1 is 1.44 bits per heavy atom. The first-order chi connectivity index (χ1) is 7.56. The molecule has 0 saturated heterocycles. The molecule has 0 amide bonds. The average Bonchev–Trinajstić information content (AvgIpc) is 2.27. The van der Waals surface area contributed by atoms with Crippen molar-refractivity contribution in [2.75, 3.05) is 32.3 Å². The first-order valence-corrected chi connectivity index (χ1v) is 6.71. The predicted octanol–water partition coefficient (Wildman–Crippen LogP) is 1.60. The standard InChI is InChI=1S/C11H23NO3S/c1-11(12-2,10(13)14)6-4-5-8-16-9-7-15-3/h12H,4-9H2,1-3H3,(H,13,14). The lowest BCUT2D eigenvalue weighted by molar-refractivity contribution is -0.144. The Kier molecular flexibility index (Phi) is 8.70. The molecule has 0 radical (unpaired) electrons. The molecule has 96 valence electrons. The topological polar surface area (TPSA) is 58.6 Å². The van der Waals surface area contributed by atoms with Crippen molar-refractivity contribution >= 4 is 17.7 Å². The van der Waals surface area contributed by atoms with E-state index in [1.54, 1.807) is 21.1 Å². The molecule has 0 aliphatic heterocycles. The maximum atomic E-state index is 11.0. The molecule has 1 unspecified atom stereocenters. The number of thioether (sulfide) groups is 1. The molecule has 1 atom stereocenters. The van der Waals surface area contributed by atoms with Crippen molar-refractivity contribution in [1.29, 1.82) is 0 Å². The first kappa shape index (κ1) is 15.7. The van der Waals surface area contributed by atoms with Crippen LogP contribution in [0.4, 0.5) is 0 Å². The van der Waals surface area contributed by atoms with Gasteiger partial charge in [0, 0.05) is 12.9 Å². The van der Waals surface area contributed by atoms with Crippen molar-refractivity contribution in [2.45, 2.75) is 31.7 Å². The molecule has 0 bridgehead atoms. The Labute approximate surface area is 102 Å². The van der Waals surface area contributed by atoms with Gasteiger partial charge in [-0.25, -0.2) is 0 Å². The van der Waals surface area contributed by atoms with E-state index in [1.807, 2.05) is 11.8 Å². The molecule has 0 fully saturated rings. The van der Waals surface area contributed by atoms with E-state index in [-0.39, 0.29) is 0 Å². The van der Waals surface area contributed by atoms with Crippen LogP contribution >= 0.6 is 11.8 Å². The minimum absolute atomic E-state index is 0.670. The van der Waals surface area contributed by atoms with Crippen LogP contribution in [0.25, 0.3) is 0 Å². The summed E-state index contributed by atoms with van der Waals surface area (Å²) in [5.74, 6) is 1.31. The minimum atomic E-state index is -0.781. The second-order valence-electron chi connectivity index (χ2n) is 3.95. The van der Waals surface area contributed by atoms with Crippen LogP contribution in [0.15, 0.2) is 0 Å². The third-order valence-electron chi connectivity index (χ3n) is 2.67. The zero-order valence-corrected chi connectivity index (χ0v) is 11.2. The fraction of sp³-hybridized carbons (Fsp3) is 0.909. The number of unbranched alkanes of at least 4 members (excludes halogenated alkanes) is 1. The highest BCUT2D eigenvalue weighted by Gasteiger charge is 2.29. The molecule has 0 aromatic carbocycles. The number of methoxy groups -OCH3 is 1. The summed E-state index contributed by atoms with van der Waals surface area (Å²) < 4.78 is 4.94. The molecule has 0 aliphatic rings. The highest BCUT2D eigenvalue weighted by atomic mass is 32.2. The molecule has 0 spiro atoms. The number of nitrogens with one attached hydrogen (secondary N) is 1. The number of rotatable bonds is 10. The fourth-order valence-electron chi connectivity index (χ4n) is 1.27. The van der Waals surface area contributed by atoms with Crippen molar-refractivity contribution in [1.82, 2.24) is 5.32 Å². The van der Waals surface area contributed by atoms with Gasteiger partial charge in [-0.05, 0) is 32.6 Å². The van der Waals surface area contributed by atoms with Gasteiger partial charge in [-0.3, -0.25) is 4.79 Å². The van der Waals surface area contributed by atoms with Gasteiger partial charge in [0.05, 0.1) is 6.61 Å². The van der Waals surface area contributed by atoms with Crippen molar-refractivity contribution in [3.05, 3.63) is 0 Å². The minimum Gasteiger partial charge on any atom is -0.480 e. The van der Waals surface area contributed by atoms with Gasteiger partial charge >= 0.3 is 5.97 Å². The van der Waals surface area contributed by atoms with Crippen molar-refractivity contribution in [3.63, 3.8) is 0 Å². The average molecular weight is 249 g/mol. The van der Waals surface area contributed by atoms with Crippen LogP contribution in [-0.4, -0.2) is 48.9 Å². The molecule has 0 aromatic rings. The zero-order valence-electron chi connectivity index (χ0n) is 10.4. The Morgan fingerprint density at radius 3 is 2.62 bits per heavy atom. The van der Waals surface area contributed by atoms with Crippen molar-refractivity contribution < 1.29 is 14.6 Å². The Morgan fingerprint density at radius 2 is 2.12 bits per heavy atom. The van der Waals surface area contributed by atoms with Gasteiger partial charge in [0.2, 0.25) is 0 Å². The summed E-state index contributed by atoms with van der Waals surface area (Å²) in [6, 6.07) is 0. The summed E-state index contributed by atoms with van der Waals surface area (Å²) >= 11 is 1.85. The summed E-state index contributed by atoms with van der Waals surface area (Å²) in [6.07, 6.45) is 2.66. The summed E-state index contributed by atoms with van der Waals surface area (Å²) in [6.45, 7) is 2.52. The van der Waals surface area contributed by atoms with Crippen LogP contribution < -0.4 is 5.32 Å². The normalized spacial score (nSPS) is 14.7. The molecule has 0 saturated carbocycles. The van der Waals surface area contributed by atoms with Crippen LogP contribution in [0.3, 0.4) is 0 Å². The molecule has 16 heavy (non-hydrogen) atoms. The third-order valence-corrected chi connectivity index (χ3v) is 3.70. The molecule has 5 heteroatoms. The quantitative estimate of drug-likeness (QED) is 0.576. The van der Waals surface area contributed by atoms with E-state index < -0.39 is 11.5 Å². The Balaban J connectivity index is 3.53. The zero-order chi connectivity index (χ0) is 12.4. The SMILES string of the molecule is CNC(C)(CCCCSCCOC)C(=O)O. The summed E-state index contributed by atoms with van der Waals surface area (Å²) in [5.41, 5.74) is -0.781. The largest absolute Gasteiger partial charge is 0.480 e. The van der Waals surface area contributed by atoms with Gasteiger partial charge < -0.3 is 15.2 Å². The van der Waals surface area contributed by atoms with Gasteiger partial charge in [0.1, 0.15) is 5.54 Å². The predicted molar refractivity (Wildman–Crippen MR) is 68.2 cm³/mol. The van der Waals surface area contributed by atoms with E-state index in [1.165, 1.54) is 0 Å². The summed E-state index contributed by atoms with van der Waals surface area (Å²) in [4.78, 5) is 11.0. The molecule has 0 aromatic heterocycles. The lowest BCUT2D eigenvalue weighted by Gasteiger charge is -2.23. The molecule has 0 aliphatic carbocycles. The van der Waals surface area contributed by atoms with E-state index in [9.17, 15) is 4.79 Å². The highest BCUT2D eigenvalue weighted by molar-refractivity contribution is 7.99. The summed E-state index contributed by atoms with van der Waals surface area (Å²) in [7, 11) is 3.40. The third kappa shape index (κ3) is 6.35. The van der Waals surface area contributed by atoms with E-state index in [0.717, 1.165) is 31.0 Å². The Bertz CT molecular complexity index is 202. The van der Waals surface area contributed by atoms with Gasteiger partial charge in [0.15, 0.2) is 0 Å². The lowest BCUT2D eigenvalue weighted by Crippen LogP contribution is -2.47. The van der Waals surface area contributed by atoms with Crippen LogP contribution in [-0.2, 0) is 9.53 Å². The molecule has 0 heterocycles. The Hall–Kier alpha value is -0.260. The summed E-state index contributed by atoms with van der Waals surface area (Å²) in [5, 5.41) is 11.9. The maximum absolute atomic E-state index is 11.0. The lowest BCUT2D eigenvalue weighted by atomic mass is 9.95. The molecule has 0 rings (SSSR count). The van der Waals surface area contributed by atoms with Gasteiger partial charge in [0.25, 0.3) is 0 Å². The van der Waals surface area contributed by atoms with Crippen molar-refractivity contribution in [2.24, 2.45) is 0 Å². The number of ether oxygens (including phenoxy) is 1. The monoisotopic (exact) mass is 249 g/mol. The van der Waals surface area contributed by atoms with Gasteiger partial charge in [-0.2, -0.15) is 11.8 Å². The fourth-order valence-corrected chi connectivity index (χ4v) is 2.16. The molecular weight excluding hydrogens is 226 g/mol. The highest BCUT2D eigenvalue weighted by Crippen LogP contribution is 2.15. The van der Waals surface area contributed by atoms with Crippen LogP contribution in [0.1, 0.15) is 26.2 Å². The van der Waals surface area contributed by atoms with E-state index in [2.05, 4.69) is 5.32 Å².